The van der Waals surface area contributed by atoms with Crippen molar-refractivity contribution in [2.75, 3.05) is 19.6 Å². The van der Waals surface area contributed by atoms with Gasteiger partial charge in [0.1, 0.15) is 0 Å². The van der Waals surface area contributed by atoms with E-state index in [-0.39, 0.29) is 18.3 Å². The minimum atomic E-state index is -0.00306. The minimum absolute atomic E-state index is 0. The Bertz CT molecular complexity index is 701. The van der Waals surface area contributed by atoms with Crippen molar-refractivity contribution >= 4 is 30.1 Å². The van der Waals surface area contributed by atoms with E-state index in [2.05, 4.69) is 28.8 Å². The summed E-state index contributed by atoms with van der Waals surface area (Å²) in [6.07, 6.45) is 3.17. The van der Waals surface area contributed by atoms with Crippen LogP contribution >= 0.6 is 24.2 Å². The smallest absolute Gasteiger partial charge is 0.251 e. The number of thioether (sulfide) groups is 1. The van der Waals surface area contributed by atoms with Gasteiger partial charge < -0.3 is 10.6 Å². The average molecular weight is 375 g/mol. The Kier molecular flexibility index (Phi) is 8.06. The number of halogens is 1. The molecule has 0 bridgehead atoms. The lowest BCUT2D eigenvalue weighted by molar-refractivity contribution is 0.0956. The SMILES string of the molecule is Cl.O=C(NCC1=CCNCC1)c1ccc(CSc2ccccc2)cc1. The van der Waals surface area contributed by atoms with Gasteiger partial charge >= 0.3 is 0 Å². The van der Waals surface area contributed by atoms with E-state index in [0.717, 1.165) is 30.8 Å². The van der Waals surface area contributed by atoms with E-state index in [1.807, 2.05) is 42.5 Å². The molecule has 0 unspecified atom stereocenters. The third-order valence-electron chi connectivity index (χ3n) is 4.00. The van der Waals surface area contributed by atoms with Crippen LogP contribution in [0.2, 0.25) is 0 Å². The van der Waals surface area contributed by atoms with Crippen LogP contribution < -0.4 is 10.6 Å². The Morgan fingerprint density at radius 3 is 2.52 bits per heavy atom. The molecule has 1 aliphatic rings. The predicted octanol–water partition coefficient (Wildman–Crippen LogP) is 4.05. The van der Waals surface area contributed by atoms with Gasteiger partial charge in [-0.3, -0.25) is 4.79 Å². The zero-order valence-electron chi connectivity index (χ0n) is 14.0. The molecular formula is C20H23ClN2OS. The van der Waals surface area contributed by atoms with Crippen LogP contribution in [0.15, 0.2) is 71.1 Å². The van der Waals surface area contributed by atoms with Gasteiger partial charge in [-0.15, -0.1) is 24.2 Å². The second-order valence-corrected chi connectivity index (χ2v) is 6.85. The van der Waals surface area contributed by atoms with Crippen LogP contribution in [-0.4, -0.2) is 25.5 Å². The van der Waals surface area contributed by atoms with Gasteiger partial charge in [-0.05, 0) is 42.8 Å². The van der Waals surface area contributed by atoms with Crippen molar-refractivity contribution < 1.29 is 4.79 Å². The van der Waals surface area contributed by atoms with Crippen LogP contribution in [0.1, 0.15) is 22.3 Å². The molecule has 3 rings (SSSR count). The topological polar surface area (TPSA) is 41.1 Å². The first kappa shape index (κ1) is 19.6. The zero-order chi connectivity index (χ0) is 16.6. The largest absolute Gasteiger partial charge is 0.348 e. The van der Waals surface area contributed by atoms with Gasteiger partial charge in [0.05, 0.1) is 0 Å². The number of carbonyl (C=O) groups excluding carboxylic acids is 1. The maximum absolute atomic E-state index is 12.2. The van der Waals surface area contributed by atoms with Gasteiger partial charge in [0, 0.05) is 29.3 Å². The fourth-order valence-electron chi connectivity index (χ4n) is 2.56. The molecule has 3 nitrogen and oxygen atoms in total. The standard InChI is InChI=1S/C20H22N2OS.ClH/c23-20(22-14-16-10-12-21-13-11-16)18-8-6-17(7-9-18)15-24-19-4-2-1-3-5-19;/h1-10,21H,11-15H2,(H,22,23);1H. The maximum Gasteiger partial charge on any atom is 0.251 e. The molecule has 5 heteroatoms. The highest BCUT2D eigenvalue weighted by Gasteiger charge is 2.08. The molecule has 0 fully saturated rings. The molecule has 1 aliphatic heterocycles. The van der Waals surface area contributed by atoms with Gasteiger partial charge in [0.15, 0.2) is 0 Å². The van der Waals surface area contributed by atoms with Crippen molar-refractivity contribution in [1.82, 2.24) is 10.6 Å². The van der Waals surface area contributed by atoms with Gasteiger partial charge in [-0.1, -0.05) is 42.0 Å². The fraction of sp³-hybridized carbons (Fsp3) is 0.250. The predicted molar refractivity (Wildman–Crippen MR) is 108 cm³/mol. The summed E-state index contributed by atoms with van der Waals surface area (Å²) in [4.78, 5) is 13.5. The molecule has 0 spiro atoms. The number of amides is 1. The van der Waals surface area contributed by atoms with Crippen molar-refractivity contribution in [1.29, 1.82) is 0 Å². The van der Waals surface area contributed by atoms with E-state index in [0.29, 0.717) is 6.54 Å². The Morgan fingerprint density at radius 1 is 1.08 bits per heavy atom. The van der Waals surface area contributed by atoms with Crippen LogP contribution in [0.25, 0.3) is 0 Å². The molecule has 1 heterocycles. The molecule has 0 saturated heterocycles. The van der Waals surface area contributed by atoms with Gasteiger partial charge in [0.2, 0.25) is 0 Å². The third kappa shape index (κ3) is 6.24. The first-order chi connectivity index (χ1) is 11.8. The molecule has 0 radical (unpaired) electrons. The highest BCUT2D eigenvalue weighted by molar-refractivity contribution is 7.98. The van der Waals surface area contributed by atoms with Crippen molar-refractivity contribution in [2.45, 2.75) is 17.1 Å². The number of benzene rings is 2. The Morgan fingerprint density at radius 2 is 1.84 bits per heavy atom. The summed E-state index contributed by atoms with van der Waals surface area (Å²) in [5, 5.41) is 6.28. The monoisotopic (exact) mass is 374 g/mol. The lowest BCUT2D eigenvalue weighted by atomic mass is 10.1. The number of rotatable bonds is 6. The van der Waals surface area contributed by atoms with Gasteiger partial charge in [0.25, 0.3) is 5.91 Å². The van der Waals surface area contributed by atoms with Gasteiger partial charge in [-0.25, -0.2) is 0 Å². The summed E-state index contributed by atoms with van der Waals surface area (Å²) >= 11 is 1.80. The lowest BCUT2D eigenvalue weighted by Crippen LogP contribution is -2.29. The van der Waals surface area contributed by atoms with Crippen LogP contribution in [0.5, 0.6) is 0 Å². The van der Waals surface area contributed by atoms with E-state index < -0.39 is 0 Å². The third-order valence-corrected chi connectivity index (χ3v) is 5.08. The summed E-state index contributed by atoms with van der Waals surface area (Å²) in [5.74, 6) is 0.905. The summed E-state index contributed by atoms with van der Waals surface area (Å²) in [6, 6.07) is 18.2. The Labute approximate surface area is 159 Å². The molecule has 0 aliphatic carbocycles. The highest BCUT2D eigenvalue weighted by atomic mass is 35.5. The first-order valence-electron chi connectivity index (χ1n) is 8.25. The quantitative estimate of drug-likeness (QED) is 0.592. The fourth-order valence-corrected chi connectivity index (χ4v) is 3.44. The molecular weight excluding hydrogens is 352 g/mol. The highest BCUT2D eigenvalue weighted by Crippen LogP contribution is 2.22. The molecule has 25 heavy (non-hydrogen) atoms. The van der Waals surface area contributed by atoms with Crippen molar-refractivity contribution in [2.24, 2.45) is 0 Å². The first-order valence-corrected chi connectivity index (χ1v) is 9.23. The lowest BCUT2D eigenvalue weighted by Gasteiger charge is -2.14. The van der Waals surface area contributed by atoms with Crippen molar-refractivity contribution in [3.05, 3.63) is 77.4 Å². The maximum atomic E-state index is 12.2. The molecule has 2 aromatic carbocycles. The molecule has 0 atom stereocenters. The Hall–Kier alpha value is -1.75. The van der Waals surface area contributed by atoms with Crippen LogP contribution in [0.4, 0.5) is 0 Å². The molecule has 2 N–H and O–H groups in total. The molecule has 1 amide bonds. The van der Waals surface area contributed by atoms with Crippen molar-refractivity contribution in [3.8, 4) is 0 Å². The van der Waals surface area contributed by atoms with Crippen LogP contribution in [0, 0.1) is 0 Å². The molecule has 132 valence electrons. The summed E-state index contributed by atoms with van der Waals surface area (Å²) in [6.45, 7) is 2.54. The number of nitrogens with one attached hydrogen (secondary N) is 2. The normalized spacial score (nSPS) is 13.5. The van der Waals surface area contributed by atoms with Gasteiger partial charge in [-0.2, -0.15) is 0 Å². The number of hydrogen-bond donors (Lipinski definition) is 2. The average Bonchev–Trinajstić information content (AvgIpc) is 2.66. The van der Waals surface area contributed by atoms with E-state index in [4.69, 9.17) is 0 Å². The van der Waals surface area contributed by atoms with Crippen LogP contribution in [-0.2, 0) is 5.75 Å². The van der Waals surface area contributed by atoms with E-state index in [1.54, 1.807) is 11.8 Å². The number of carbonyl (C=O) groups is 1. The zero-order valence-corrected chi connectivity index (χ0v) is 15.7. The van der Waals surface area contributed by atoms with E-state index >= 15 is 0 Å². The molecule has 0 aromatic heterocycles. The van der Waals surface area contributed by atoms with Crippen molar-refractivity contribution in [3.63, 3.8) is 0 Å². The summed E-state index contributed by atoms with van der Waals surface area (Å²) in [5.41, 5.74) is 3.25. The molecule has 0 saturated carbocycles. The number of hydrogen-bond acceptors (Lipinski definition) is 3. The Balaban J connectivity index is 0.00000225. The second-order valence-electron chi connectivity index (χ2n) is 5.80. The molecule has 2 aromatic rings. The summed E-state index contributed by atoms with van der Waals surface area (Å²) < 4.78 is 0. The second kappa shape index (κ2) is 10.3. The van der Waals surface area contributed by atoms with E-state index in [9.17, 15) is 4.79 Å². The van der Waals surface area contributed by atoms with E-state index in [1.165, 1.54) is 16.0 Å². The minimum Gasteiger partial charge on any atom is -0.348 e. The van der Waals surface area contributed by atoms with Crippen LogP contribution in [0.3, 0.4) is 0 Å². The summed E-state index contributed by atoms with van der Waals surface area (Å²) in [7, 11) is 0.